The van der Waals surface area contributed by atoms with Crippen LogP contribution >= 0.6 is 0 Å². The van der Waals surface area contributed by atoms with Gasteiger partial charge in [-0.15, -0.1) is 0 Å². The van der Waals surface area contributed by atoms with E-state index in [1.807, 2.05) is 0 Å². The summed E-state index contributed by atoms with van der Waals surface area (Å²) >= 11 is 0. The molecule has 0 heterocycles. The molecule has 4 nitrogen and oxygen atoms in total. The summed E-state index contributed by atoms with van der Waals surface area (Å²) in [5.41, 5.74) is 0. The van der Waals surface area contributed by atoms with Crippen LogP contribution in [-0.4, -0.2) is 25.5 Å². The molecular weight excluding hydrogens is 146 g/mol. The summed E-state index contributed by atoms with van der Waals surface area (Å²) in [6.45, 7) is 2.45. The van der Waals surface area contributed by atoms with E-state index in [4.69, 9.17) is 0 Å². The van der Waals surface area contributed by atoms with Crippen LogP contribution in [0.15, 0.2) is 12.2 Å². The lowest BCUT2D eigenvalue weighted by Crippen LogP contribution is -2.10. The highest BCUT2D eigenvalue weighted by molar-refractivity contribution is 5.81. The van der Waals surface area contributed by atoms with Crippen LogP contribution in [0.2, 0.25) is 0 Å². The van der Waals surface area contributed by atoms with Gasteiger partial charge in [0, 0.05) is 12.6 Å². The first-order valence-corrected chi connectivity index (χ1v) is 3.31. The quantitative estimate of drug-likeness (QED) is 0.261. The Bertz CT molecular complexity index is 154. The molecule has 62 valence electrons. The Labute approximate surface area is 65.2 Å². The van der Waals surface area contributed by atoms with Crippen molar-refractivity contribution in [1.29, 1.82) is 0 Å². The molecule has 0 spiro atoms. The van der Waals surface area contributed by atoms with Crippen LogP contribution in [0, 0.1) is 0 Å². The minimum absolute atomic E-state index is 0.350. The summed E-state index contributed by atoms with van der Waals surface area (Å²) in [6.07, 6.45) is 3.36. The summed E-state index contributed by atoms with van der Waals surface area (Å²) in [7, 11) is 0. The number of hydrogen-bond acceptors (Lipinski definition) is 3. The summed E-state index contributed by atoms with van der Waals surface area (Å²) in [4.78, 5) is 20.3. The molecule has 0 saturated heterocycles. The molecule has 0 aromatic rings. The van der Waals surface area contributed by atoms with Crippen molar-refractivity contribution in [1.82, 2.24) is 5.32 Å². The molecule has 11 heavy (non-hydrogen) atoms. The predicted octanol–water partition coefficient (Wildman–Crippen LogP) is -0.148. The van der Waals surface area contributed by atoms with Crippen molar-refractivity contribution in [3.05, 3.63) is 12.2 Å². The minimum atomic E-state index is -0.389. The lowest BCUT2D eigenvalue weighted by molar-refractivity contribution is -0.137. The number of amides is 1. The van der Waals surface area contributed by atoms with E-state index in [-0.39, 0.29) is 5.97 Å². The fourth-order valence-electron chi connectivity index (χ4n) is 0.462. The van der Waals surface area contributed by atoms with Crippen molar-refractivity contribution in [2.75, 3.05) is 13.2 Å². The van der Waals surface area contributed by atoms with Crippen molar-refractivity contribution < 1.29 is 14.3 Å². The fourth-order valence-corrected chi connectivity index (χ4v) is 0.462. The largest absolute Gasteiger partial charge is 0.463 e. The molecule has 0 fully saturated rings. The zero-order valence-electron chi connectivity index (χ0n) is 6.37. The molecule has 0 radical (unpaired) electrons. The van der Waals surface area contributed by atoms with E-state index < -0.39 is 0 Å². The fraction of sp³-hybridized carbons (Fsp3) is 0.429. The second-order valence-electron chi connectivity index (χ2n) is 1.68. The van der Waals surface area contributed by atoms with E-state index in [1.54, 1.807) is 6.92 Å². The Balaban J connectivity index is 3.39. The van der Waals surface area contributed by atoms with Gasteiger partial charge in [-0.1, -0.05) is 6.08 Å². The zero-order chi connectivity index (χ0) is 8.53. The number of hydrogen-bond donors (Lipinski definition) is 1. The van der Waals surface area contributed by atoms with Gasteiger partial charge < -0.3 is 10.1 Å². The summed E-state index contributed by atoms with van der Waals surface area (Å²) in [5.74, 6) is -0.389. The van der Waals surface area contributed by atoms with Gasteiger partial charge in [0.1, 0.15) is 0 Å². The highest BCUT2D eigenvalue weighted by Crippen LogP contribution is 1.79. The van der Waals surface area contributed by atoms with E-state index in [0.29, 0.717) is 19.6 Å². The third kappa shape index (κ3) is 6.57. The third-order valence-electron chi connectivity index (χ3n) is 0.860. The summed E-state index contributed by atoms with van der Waals surface area (Å²) < 4.78 is 4.58. The van der Waals surface area contributed by atoms with Crippen molar-refractivity contribution in [3.63, 3.8) is 0 Å². The van der Waals surface area contributed by atoms with E-state index in [9.17, 15) is 9.59 Å². The maximum Gasteiger partial charge on any atom is 0.330 e. The normalized spacial score (nSPS) is 9.55. The van der Waals surface area contributed by atoms with Gasteiger partial charge in [0.2, 0.25) is 6.41 Å². The lowest BCUT2D eigenvalue weighted by atomic mass is 10.5. The SMILES string of the molecule is CCOC(=O)C=CCNC=O. The average molecular weight is 157 g/mol. The number of ether oxygens (including phenoxy) is 1. The first-order chi connectivity index (χ1) is 5.31. The molecule has 0 rings (SSSR count). The van der Waals surface area contributed by atoms with Crippen LogP contribution in [-0.2, 0) is 14.3 Å². The van der Waals surface area contributed by atoms with Crippen LogP contribution in [0.4, 0.5) is 0 Å². The topological polar surface area (TPSA) is 55.4 Å². The van der Waals surface area contributed by atoms with E-state index in [2.05, 4.69) is 10.1 Å². The standard InChI is InChI=1S/C7H11NO3/c1-2-11-7(10)4-3-5-8-6-9/h3-4,6H,2,5H2,1H3,(H,8,9). The number of carbonyl (C=O) groups excluding carboxylic acids is 2. The van der Waals surface area contributed by atoms with Crippen molar-refractivity contribution >= 4 is 12.4 Å². The van der Waals surface area contributed by atoms with Crippen LogP contribution in [0.5, 0.6) is 0 Å². The number of carbonyl (C=O) groups is 2. The molecule has 0 saturated carbocycles. The van der Waals surface area contributed by atoms with Crippen molar-refractivity contribution in [2.45, 2.75) is 6.92 Å². The van der Waals surface area contributed by atoms with Gasteiger partial charge in [-0.3, -0.25) is 4.79 Å². The number of nitrogens with one attached hydrogen (secondary N) is 1. The molecule has 0 aromatic heterocycles. The molecular formula is C7H11NO3. The Morgan fingerprint density at radius 3 is 2.91 bits per heavy atom. The molecule has 0 aliphatic rings. The first kappa shape index (κ1) is 9.68. The van der Waals surface area contributed by atoms with Crippen LogP contribution in [0.1, 0.15) is 6.92 Å². The van der Waals surface area contributed by atoms with E-state index in [1.165, 1.54) is 12.2 Å². The summed E-state index contributed by atoms with van der Waals surface area (Å²) in [6, 6.07) is 0. The van der Waals surface area contributed by atoms with E-state index in [0.717, 1.165) is 0 Å². The molecule has 1 amide bonds. The molecule has 0 aliphatic carbocycles. The van der Waals surface area contributed by atoms with Gasteiger partial charge in [-0.05, 0) is 6.92 Å². The monoisotopic (exact) mass is 157 g/mol. The molecule has 1 N–H and O–H groups in total. The van der Waals surface area contributed by atoms with Crippen LogP contribution in [0.25, 0.3) is 0 Å². The smallest absolute Gasteiger partial charge is 0.330 e. The molecule has 0 atom stereocenters. The third-order valence-corrected chi connectivity index (χ3v) is 0.860. The van der Waals surface area contributed by atoms with Gasteiger partial charge in [0.05, 0.1) is 6.61 Å². The van der Waals surface area contributed by atoms with E-state index >= 15 is 0 Å². The average Bonchev–Trinajstić information content (AvgIpc) is 1.99. The Morgan fingerprint density at radius 2 is 2.36 bits per heavy atom. The summed E-state index contributed by atoms with van der Waals surface area (Å²) in [5, 5.41) is 2.37. The minimum Gasteiger partial charge on any atom is -0.463 e. The zero-order valence-corrected chi connectivity index (χ0v) is 6.37. The maximum absolute atomic E-state index is 10.6. The van der Waals surface area contributed by atoms with Gasteiger partial charge in [-0.25, -0.2) is 4.79 Å². The van der Waals surface area contributed by atoms with Gasteiger partial charge in [0.15, 0.2) is 0 Å². The van der Waals surface area contributed by atoms with Crippen molar-refractivity contribution in [2.24, 2.45) is 0 Å². The molecule has 4 heteroatoms. The highest BCUT2D eigenvalue weighted by atomic mass is 16.5. The highest BCUT2D eigenvalue weighted by Gasteiger charge is 1.90. The Hall–Kier alpha value is -1.32. The van der Waals surface area contributed by atoms with Crippen molar-refractivity contribution in [3.8, 4) is 0 Å². The second kappa shape index (κ2) is 6.80. The lowest BCUT2D eigenvalue weighted by Gasteiger charge is -1.93. The van der Waals surface area contributed by atoms with Crippen LogP contribution < -0.4 is 5.32 Å². The Morgan fingerprint density at radius 1 is 1.64 bits per heavy atom. The van der Waals surface area contributed by atoms with Gasteiger partial charge in [0.25, 0.3) is 0 Å². The van der Waals surface area contributed by atoms with Gasteiger partial charge in [-0.2, -0.15) is 0 Å². The molecule has 0 bridgehead atoms. The predicted molar refractivity (Wildman–Crippen MR) is 39.8 cm³/mol. The molecule has 0 aromatic carbocycles. The maximum atomic E-state index is 10.6. The molecule has 0 unspecified atom stereocenters. The van der Waals surface area contributed by atoms with Gasteiger partial charge >= 0.3 is 5.97 Å². The second-order valence-corrected chi connectivity index (χ2v) is 1.68. The first-order valence-electron chi connectivity index (χ1n) is 3.31. The number of esters is 1. The van der Waals surface area contributed by atoms with Crippen LogP contribution in [0.3, 0.4) is 0 Å². The molecule has 0 aliphatic heterocycles. The number of rotatable bonds is 5. The Kier molecular flexibility index (Phi) is 5.98.